The van der Waals surface area contributed by atoms with E-state index in [0.29, 0.717) is 30.1 Å². The summed E-state index contributed by atoms with van der Waals surface area (Å²) in [6.45, 7) is 1.15. The predicted molar refractivity (Wildman–Crippen MR) is 125 cm³/mol. The number of nitrogens with one attached hydrogen (secondary N) is 1. The van der Waals surface area contributed by atoms with Crippen molar-refractivity contribution in [2.75, 3.05) is 24.9 Å². The number of ether oxygens (including phenoxy) is 1. The molecule has 1 N–H and O–H groups in total. The van der Waals surface area contributed by atoms with Crippen LogP contribution in [0.5, 0.6) is 5.75 Å². The minimum atomic E-state index is -3.76. The van der Waals surface area contributed by atoms with Crippen molar-refractivity contribution in [3.63, 3.8) is 0 Å². The van der Waals surface area contributed by atoms with Crippen molar-refractivity contribution < 1.29 is 17.9 Å². The van der Waals surface area contributed by atoms with Gasteiger partial charge in [-0.25, -0.2) is 8.42 Å². The lowest BCUT2D eigenvalue weighted by molar-refractivity contribution is 0.0772. The highest BCUT2D eigenvalue weighted by molar-refractivity contribution is 7.92. The number of hydrogen-bond acceptors (Lipinski definition) is 4. The first-order valence-corrected chi connectivity index (χ1v) is 11.8. The SMILES string of the molecule is COc1ccc(NS(=O)(=O)c2ccc(C(=O)N3CC=C(c4ccccc4)CC3)cc2)cc1. The highest BCUT2D eigenvalue weighted by Crippen LogP contribution is 2.24. The number of rotatable bonds is 6. The molecule has 0 saturated heterocycles. The smallest absolute Gasteiger partial charge is 0.261 e. The Balaban J connectivity index is 1.42. The standard InChI is InChI=1S/C25H24N2O4S/c1-31-23-11-9-22(10-12-23)26-32(29,30)24-13-7-21(8-14-24)25(28)27-17-15-20(16-18-27)19-5-3-2-4-6-19/h2-15,26H,16-18H2,1H3. The molecule has 1 aliphatic heterocycles. The maximum absolute atomic E-state index is 12.9. The van der Waals surface area contributed by atoms with Crippen LogP contribution >= 0.6 is 0 Å². The van der Waals surface area contributed by atoms with Gasteiger partial charge < -0.3 is 9.64 Å². The molecule has 6 nitrogen and oxygen atoms in total. The van der Waals surface area contributed by atoms with E-state index in [1.807, 2.05) is 18.2 Å². The zero-order valence-corrected chi connectivity index (χ0v) is 18.5. The van der Waals surface area contributed by atoms with Crippen LogP contribution in [0.1, 0.15) is 22.3 Å². The Kier molecular flexibility index (Phi) is 6.28. The molecule has 32 heavy (non-hydrogen) atoms. The minimum Gasteiger partial charge on any atom is -0.497 e. The Morgan fingerprint density at radius 2 is 1.62 bits per heavy atom. The van der Waals surface area contributed by atoms with Crippen molar-refractivity contribution in [3.05, 3.63) is 96.1 Å². The van der Waals surface area contributed by atoms with Crippen molar-refractivity contribution in [2.24, 2.45) is 0 Å². The van der Waals surface area contributed by atoms with E-state index in [1.165, 1.54) is 23.3 Å². The number of nitrogens with zero attached hydrogens (tertiary/aromatic N) is 1. The van der Waals surface area contributed by atoms with Gasteiger partial charge in [-0.15, -0.1) is 0 Å². The molecular weight excluding hydrogens is 424 g/mol. The van der Waals surface area contributed by atoms with Crippen molar-refractivity contribution in [3.8, 4) is 5.75 Å². The molecule has 4 rings (SSSR count). The van der Waals surface area contributed by atoms with E-state index in [4.69, 9.17) is 4.74 Å². The minimum absolute atomic E-state index is 0.0924. The molecule has 0 bridgehead atoms. The summed E-state index contributed by atoms with van der Waals surface area (Å²) in [7, 11) is -2.22. The third-order valence-corrected chi connectivity index (χ3v) is 6.79. The number of methoxy groups -OCH3 is 1. The molecular formula is C25H24N2O4S. The summed E-state index contributed by atoms with van der Waals surface area (Å²) < 4.78 is 32.9. The number of carbonyl (C=O) groups is 1. The lowest BCUT2D eigenvalue weighted by Crippen LogP contribution is -2.34. The molecule has 1 amide bonds. The van der Waals surface area contributed by atoms with Crippen LogP contribution in [0.25, 0.3) is 5.57 Å². The second-order valence-corrected chi connectivity index (χ2v) is 9.14. The summed E-state index contributed by atoms with van der Waals surface area (Å²) in [6, 6.07) is 22.8. The Morgan fingerprint density at radius 3 is 2.22 bits per heavy atom. The quantitative estimate of drug-likeness (QED) is 0.606. The zero-order valence-electron chi connectivity index (χ0n) is 17.7. The Bertz CT molecular complexity index is 1220. The fraction of sp³-hybridized carbons (Fsp3) is 0.160. The summed E-state index contributed by atoms with van der Waals surface area (Å²) >= 11 is 0. The molecule has 164 valence electrons. The van der Waals surface area contributed by atoms with Gasteiger partial charge in [-0.05, 0) is 66.1 Å². The van der Waals surface area contributed by atoms with Gasteiger partial charge in [0, 0.05) is 24.3 Å². The molecule has 7 heteroatoms. The van der Waals surface area contributed by atoms with Gasteiger partial charge in [0.25, 0.3) is 15.9 Å². The van der Waals surface area contributed by atoms with Crippen molar-refractivity contribution in [1.82, 2.24) is 4.90 Å². The number of anilines is 1. The molecule has 0 fully saturated rings. The van der Waals surface area contributed by atoms with Crippen LogP contribution < -0.4 is 9.46 Å². The Morgan fingerprint density at radius 1 is 0.938 bits per heavy atom. The number of sulfonamides is 1. The monoisotopic (exact) mass is 448 g/mol. The van der Waals surface area contributed by atoms with Gasteiger partial charge >= 0.3 is 0 Å². The van der Waals surface area contributed by atoms with Crippen LogP contribution in [0.15, 0.2) is 89.8 Å². The molecule has 0 aliphatic carbocycles. The van der Waals surface area contributed by atoms with Crippen LogP contribution in [0.2, 0.25) is 0 Å². The topological polar surface area (TPSA) is 75.7 Å². The second kappa shape index (κ2) is 9.28. The van der Waals surface area contributed by atoms with Crippen molar-refractivity contribution in [1.29, 1.82) is 0 Å². The fourth-order valence-electron chi connectivity index (χ4n) is 3.60. The molecule has 0 radical (unpaired) electrons. The second-order valence-electron chi connectivity index (χ2n) is 7.45. The number of hydrogen-bond donors (Lipinski definition) is 1. The van der Waals surface area contributed by atoms with Gasteiger partial charge in [0.2, 0.25) is 0 Å². The molecule has 1 heterocycles. The van der Waals surface area contributed by atoms with Crippen molar-refractivity contribution in [2.45, 2.75) is 11.3 Å². The van der Waals surface area contributed by atoms with E-state index in [0.717, 1.165) is 6.42 Å². The Labute approximate surface area is 188 Å². The van der Waals surface area contributed by atoms with E-state index < -0.39 is 10.0 Å². The average Bonchev–Trinajstić information content (AvgIpc) is 2.84. The lowest BCUT2D eigenvalue weighted by Gasteiger charge is -2.27. The van der Waals surface area contributed by atoms with E-state index >= 15 is 0 Å². The van der Waals surface area contributed by atoms with Crippen LogP contribution in [0, 0.1) is 0 Å². The van der Waals surface area contributed by atoms with Crippen LogP contribution in [0.3, 0.4) is 0 Å². The van der Waals surface area contributed by atoms with E-state index in [-0.39, 0.29) is 10.8 Å². The lowest BCUT2D eigenvalue weighted by atomic mass is 9.99. The van der Waals surface area contributed by atoms with E-state index in [2.05, 4.69) is 22.9 Å². The van der Waals surface area contributed by atoms with Gasteiger partial charge in [0.05, 0.1) is 12.0 Å². The highest BCUT2D eigenvalue weighted by Gasteiger charge is 2.21. The summed E-state index contributed by atoms with van der Waals surface area (Å²) in [5.41, 5.74) is 3.31. The molecule has 0 atom stereocenters. The summed E-state index contributed by atoms with van der Waals surface area (Å²) in [5.74, 6) is 0.527. The van der Waals surface area contributed by atoms with Gasteiger partial charge in [-0.3, -0.25) is 9.52 Å². The van der Waals surface area contributed by atoms with Crippen molar-refractivity contribution >= 4 is 27.2 Å². The Hall–Kier alpha value is -3.58. The summed E-state index contributed by atoms with van der Waals surface area (Å²) in [5, 5.41) is 0. The van der Waals surface area contributed by atoms with Crippen LogP contribution in [-0.2, 0) is 10.0 Å². The highest BCUT2D eigenvalue weighted by atomic mass is 32.2. The maximum atomic E-state index is 12.9. The molecule has 0 saturated carbocycles. The van der Waals surface area contributed by atoms with Crippen LogP contribution in [-0.4, -0.2) is 39.4 Å². The molecule has 3 aromatic carbocycles. The van der Waals surface area contributed by atoms with E-state index in [9.17, 15) is 13.2 Å². The number of benzene rings is 3. The zero-order chi connectivity index (χ0) is 22.6. The van der Waals surface area contributed by atoms with Gasteiger partial charge in [0.15, 0.2) is 0 Å². The molecule has 1 aliphatic rings. The third kappa shape index (κ3) is 4.84. The summed E-state index contributed by atoms with van der Waals surface area (Å²) in [6.07, 6.45) is 2.86. The normalized spacial score (nSPS) is 13.9. The maximum Gasteiger partial charge on any atom is 0.261 e. The molecule has 3 aromatic rings. The first-order valence-electron chi connectivity index (χ1n) is 10.3. The number of amides is 1. The van der Waals surface area contributed by atoms with Crippen LogP contribution in [0.4, 0.5) is 5.69 Å². The first-order chi connectivity index (χ1) is 15.5. The number of carbonyl (C=O) groups excluding carboxylic acids is 1. The predicted octanol–water partition coefficient (Wildman–Crippen LogP) is 4.43. The largest absolute Gasteiger partial charge is 0.497 e. The molecule has 0 spiro atoms. The molecule has 0 unspecified atom stereocenters. The first kappa shape index (κ1) is 21.6. The van der Waals surface area contributed by atoms with Gasteiger partial charge in [0.1, 0.15) is 5.75 Å². The van der Waals surface area contributed by atoms with Gasteiger partial charge in [-0.1, -0.05) is 36.4 Å². The summed E-state index contributed by atoms with van der Waals surface area (Å²) in [4.78, 5) is 14.7. The molecule has 0 aromatic heterocycles. The fourth-order valence-corrected chi connectivity index (χ4v) is 4.66. The van der Waals surface area contributed by atoms with Gasteiger partial charge in [-0.2, -0.15) is 0 Å². The average molecular weight is 449 g/mol. The third-order valence-electron chi connectivity index (χ3n) is 5.39. The van der Waals surface area contributed by atoms with E-state index in [1.54, 1.807) is 48.4 Å².